The molecule has 32 heavy (non-hydrogen) atoms. The zero-order valence-electron chi connectivity index (χ0n) is 17.3. The fraction of sp³-hybridized carbons (Fsp3) is 0.120. The van der Waals surface area contributed by atoms with Crippen LogP contribution in [0.2, 0.25) is 5.02 Å². The minimum absolute atomic E-state index is 0.325. The van der Waals surface area contributed by atoms with Gasteiger partial charge < -0.3 is 20.1 Å². The molecule has 1 heterocycles. The summed E-state index contributed by atoms with van der Waals surface area (Å²) in [6.45, 7) is 0.370. The number of rotatable bonds is 6. The highest BCUT2D eigenvalue weighted by molar-refractivity contribution is 6.30. The summed E-state index contributed by atoms with van der Waals surface area (Å²) in [7, 11) is 1.32. The number of halogens is 1. The van der Waals surface area contributed by atoms with Crippen LogP contribution in [0.5, 0.6) is 5.75 Å². The normalized spacial score (nSPS) is 15.6. The lowest BCUT2D eigenvalue weighted by Crippen LogP contribution is -2.45. The van der Waals surface area contributed by atoms with Crippen molar-refractivity contribution in [2.75, 3.05) is 7.11 Å². The van der Waals surface area contributed by atoms with Gasteiger partial charge in [-0.25, -0.2) is 9.59 Å². The summed E-state index contributed by atoms with van der Waals surface area (Å²) < 4.78 is 10.9. The Morgan fingerprint density at radius 2 is 1.75 bits per heavy atom. The van der Waals surface area contributed by atoms with Crippen molar-refractivity contribution in [2.24, 2.45) is 0 Å². The van der Waals surface area contributed by atoms with Crippen molar-refractivity contribution in [1.82, 2.24) is 10.6 Å². The van der Waals surface area contributed by atoms with Crippen LogP contribution < -0.4 is 15.4 Å². The Morgan fingerprint density at radius 3 is 2.44 bits per heavy atom. The molecule has 2 amide bonds. The number of hydrogen-bond donors (Lipinski definition) is 2. The topological polar surface area (TPSA) is 76.7 Å². The number of urea groups is 1. The molecule has 1 unspecified atom stereocenters. The molecule has 0 saturated carbocycles. The van der Waals surface area contributed by atoms with Gasteiger partial charge in [-0.05, 0) is 41.0 Å². The lowest BCUT2D eigenvalue weighted by atomic mass is 9.92. The third-order valence-electron chi connectivity index (χ3n) is 5.05. The van der Waals surface area contributed by atoms with Gasteiger partial charge in [-0.1, -0.05) is 66.2 Å². The monoisotopic (exact) mass is 448 g/mol. The number of amides is 2. The lowest BCUT2D eigenvalue weighted by molar-refractivity contribution is -0.136. The first-order valence-electron chi connectivity index (χ1n) is 9.98. The van der Waals surface area contributed by atoms with Crippen molar-refractivity contribution in [3.05, 3.63) is 106 Å². The van der Waals surface area contributed by atoms with Gasteiger partial charge in [0.2, 0.25) is 0 Å². The van der Waals surface area contributed by atoms with Gasteiger partial charge in [-0.2, -0.15) is 0 Å². The zero-order chi connectivity index (χ0) is 22.5. The molecule has 3 aromatic carbocycles. The van der Waals surface area contributed by atoms with Gasteiger partial charge >= 0.3 is 12.0 Å². The molecular weight excluding hydrogens is 428 g/mol. The average Bonchev–Trinajstić information content (AvgIpc) is 2.82. The highest BCUT2D eigenvalue weighted by atomic mass is 35.5. The quantitative estimate of drug-likeness (QED) is 0.528. The molecule has 1 atom stereocenters. The van der Waals surface area contributed by atoms with Gasteiger partial charge in [-0.3, -0.25) is 0 Å². The standard InChI is InChI=1S/C25H21ClN2O4/c1-31-24(29)21-22(17-7-3-2-4-8-17)27-25(30)28-23(21)18-10-12-20(13-11-18)32-15-16-6-5-9-19(26)14-16/h2-14,23H,15H2,1H3,(H2,27,28,30). The molecule has 2 N–H and O–H groups in total. The smallest absolute Gasteiger partial charge is 0.338 e. The Balaban J connectivity index is 1.62. The second-order valence-corrected chi connectivity index (χ2v) is 7.60. The Kier molecular flexibility index (Phi) is 6.42. The molecule has 6 nitrogen and oxygen atoms in total. The van der Waals surface area contributed by atoms with Gasteiger partial charge in [0.1, 0.15) is 12.4 Å². The van der Waals surface area contributed by atoms with Gasteiger partial charge in [-0.15, -0.1) is 0 Å². The number of methoxy groups -OCH3 is 1. The SMILES string of the molecule is COC(=O)C1=C(c2ccccc2)NC(=O)NC1c1ccc(OCc2cccc(Cl)c2)cc1. The number of esters is 1. The fourth-order valence-corrected chi connectivity index (χ4v) is 3.74. The second-order valence-electron chi connectivity index (χ2n) is 7.17. The molecule has 7 heteroatoms. The predicted octanol–water partition coefficient (Wildman–Crippen LogP) is 4.86. The molecule has 162 valence electrons. The Hall–Kier alpha value is -3.77. The van der Waals surface area contributed by atoms with Crippen molar-refractivity contribution in [3.8, 4) is 5.75 Å². The van der Waals surface area contributed by atoms with Crippen molar-refractivity contribution in [1.29, 1.82) is 0 Å². The van der Waals surface area contributed by atoms with E-state index in [-0.39, 0.29) is 0 Å². The van der Waals surface area contributed by atoms with Crippen molar-refractivity contribution < 1.29 is 19.1 Å². The summed E-state index contributed by atoms with van der Waals surface area (Å²) in [6.07, 6.45) is 0. The molecule has 0 spiro atoms. The zero-order valence-corrected chi connectivity index (χ0v) is 18.1. The summed E-state index contributed by atoms with van der Waals surface area (Å²) >= 11 is 6.02. The Bertz CT molecular complexity index is 1160. The van der Waals surface area contributed by atoms with Crippen LogP contribution in [0.4, 0.5) is 4.79 Å². The third kappa shape index (κ3) is 4.76. The summed E-state index contributed by atoms with van der Waals surface area (Å²) in [6, 6.07) is 22.8. The number of carbonyl (C=O) groups is 2. The molecule has 3 aromatic rings. The molecule has 0 fully saturated rings. The summed E-state index contributed by atoms with van der Waals surface area (Å²) in [4.78, 5) is 25.1. The number of hydrogen-bond acceptors (Lipinski definition) is 4. The number of ether oxygens (including phenoxy) is 2. The van der Waals surface area contributed by atoms with Crippen LogP contribution in [0.25, 0.3) is 5.70 Å². The summed E-state index contributed by atoms with van der Waals surface area (Å²) in [5, 5.41) is 6.21. The van der Waals surface area contributed by atoms with E-state index >= 15 is 0 Å². The van der Waals surface area contributed by atoms with Crippen LogP contribution in [-0.2, 0) is 16.1 Å². The van der Waals surface area contributed by atoms with Crippen LogP contribution >= 0.6 is 11.6 Å². The van der Waals surface area contributed by atoms with Crippen LogP contribution in [-0.4, -0.2) is 19.1 Å². The summed E-state index contributed by atoms with van der Waals surface area (Å²) in [5.74, 6) is 0.128. The van der Waals surface area contributed by atoms with E-state index in [9.17, 15) is 9.59 Å². The lowest BCUT2D eigenvalue weighted by Gasteiger charge is -2.29. The maximum Gasteiger partial charge on any atom is 0.338 e. The molecule has 0 aliphatic carbocycles. The fourth-order valence-electron chi connectivity index (χ4n) is 3.53. The highest BCUT2D eigenvalue weighted by Gasteiger charge is 2.34. The molecule has 1 aliphatic heterocycles. The second kappa shape index (κ2) is 9.58. The van der Waals surface area contributed by atoms with Gasteiger partial charge in [0, 0.05) is 5.02 Å². The Labute approximate surface area is 190 Å². The first-order chi connectivity index (χ1) is 15.5. The molecule has 0 saturated heterocycles. The van der Waals surface area contributed by atoms with E-state index in [1.807, 2.05) is 66.7 Å². The average molecular weight is 449 g/mol. The maximum atomic E-state index is 12.7. The van der Waals surface area contributed by atoms with Crippen molar-refractivity contribution in [2.45, 2.75) is 12.6 Å². The number of carbonyl (C=O) groups excluding carboxylic acids is 2. The van der Waals surface area contributed by atoms with Crippen molar-refractivity contribution in [3.63, 3.8) is 0 Å². The first-order valence-corrected chi connectivity index (χ1v) is 10.4. The molecule has 0 bridgehead atoms. The molecule has 0 radical (unpaired) electrons. The van der Waals surface area contributed by atoms with E-state index in [0.29, 0.717) is 34.2 Å². The summed E-state index contributed by atoms with van der Waals surface area (Å²) in [5.41, 5.74) is 3.15. The van der Waals surface area contributed by atoms with Gasteiger partial charge in [0.15, 0.2) is 0 Å². The van der Waals surface area contributed by atoms with E-state index in [0.717, 1.165) is 11.1 Å². The molecule has 0 aromatic heterocycles. The predicted molar refractivity (Wildman–Crippen MR) is 122 cm³/mol. The van der Waals surface area contributed by atoms with E-state index in [1.165, 1.54) is 7.11 Å². The van der Waals surface area contributed by atoms with E-state index in [4.69, 9.17) is 21.1 Å². The first kappa shape index (κ1) is 21.5. The van der Waals surface area contributed by atoms with Crippen LogP contribution in [0.1, 0.15) is 22.7 Å². The minimum atomic E-state index is -0.673. The molecule has 4 rings (SSSR count). The maximum absolute atomic E-state index is 12.7. The third-order valence-corrected chi connectivity index (χ3v) is 5.28. The number of nitrogens with one attached hydrogen (secondary N) is 2. The largest absolute Gasteiger partial charge is 0.489 e. The highest BCUT2D eigenvalue weighted by Crippen LogP contribution is 2.32. The van der Waals surface area contributed by atoms with Crippen LogP contribution in [0.15, 0.2) is 84.4 Å². The molecular formula is C25H21ClN2O4. The van der Waals surface area contributed by atoms with Crippen molar-refractivity contribution >= 4 is 29.3 Å². The number of benzene rings is 3. The van der Waals surface area contributed by atoms with E-state index in [1.54, 1.807) is 12.1 Å². The Morgan fingerprint density at radius 1 is 1.00 bits per heavy atom. The van der Waals surface area contributed by atoms with E-state index < -0.39 is 18.0 Å². The minimum Gasteiger partial charge on any atom is -0.489 e. The molecule has 1 aliphatic rings. The van der Waals surface area contributed by atoms with Gasteiger partial charge in [0.05, 0.1) is 24.4 Å². The van der Waals surface area contributed by atoms with Crippen LogP contribution in [0, 0.1) is 0 Å². The van der Waals surface area contributed by atoms with Crippen LogP contribution in [0.3, 0.4) is 0 Å². The van der Waals surface area contributed by atoms with Gasteiger partial charge in [0.25, 0.3) is 0 Å². The van der Waals surface area contributed by atoms with E-state index in [2.05, 4.69) is 10.6 Å².